The summed E-state index contributed by atoms with van der Waals surface area (Å²) in [4.78, 5) is 20.5. The highest BCUT2D eigenvalue weighted by Crippen LogP contribution is 2.19. The van der Waals surface area contributed by atoms with E-state index >= 15 is 0 Å². The van der Waals surface area contributed by atoms with Crippen LogP contribution < -0.4 is 22.0 Å². The Kier molecular flexibility index (Phi) is 8.03. The smallest absolute Gasteiger partial charge is 0.163 e. The molecular weight excluding hydrogens is 366 g/mol. The zero-order valence-electron chi connectivity index (χ0n) is 15.4. The summed E-state index contributed by atoms with van der Waals surface area (Å²) in [5.41, 5.74) is 0.545. The van der Waals surface area contributed by atoms with E-state index < -0.39 is 6.10 Å². The number of nitrogens with zero attached hydrogens (tertiary/aromatic N) is 3. The molecule has 2 aromatic rings. The Labute approximate surface area is 166 Å². The number of carbonyl (C=O) groups excluding carboxylic acids is 1. The molecule has 7 heteroatoms. The minimum absolute atomic E-state index is 0. The molecule has 6 nitrogen and oxygen atoms in total. The van der Waals surface area contributed by atoms with Crippen molar-refractivity contribution in [3.05, 3.63) is 54.2 Å². The molecule has 1 atom stereocenters. The fourth-order valence-electron chi connectivity index (χ4n) is 3.12. The minimum atomic E-state index is -0.601. The number of aliphatic hydroxyl groups is 1. The summed E-state index contributed by atoms with van der Waals surface area (Å²) in [5.74, 6) is 1.48. The molecule has 0 amide bonds. The van der Waals surface area contributed by atoms with Gasteiger partial charge in [0.15, 0.2) is 5.78 Å². The first kappa shape index (κ1) is 21.2. The predicted molar refractivity (Wildman–Crippen MR) is 101 cm³/mol. The molecular formula is C20H25ClN3O3-. The maximum atomic E-state index is 11.6. The first-order valence-electron chi connectivity index (χ1n) is 8.92. The highest BCUT2D eigenvalue weighted by Gasteiger charge is 2.20. The number of ketones is 1. The lowest BCUT2D eigenvalue weighted by atomic mass is 10.1. The monoisotopic (exact) mass is 390 g/mol. The molecule has 2 heterocycles. The van der Waals surface area contributed by atoms with Gasteiger partial charge in [-0.2, -0.15) is 0 Å². The van der Waals surface area contributed by atoms with Crippen molar-refractivity contribution < 1.29 is 27.0 Å². The largest absolute Gasteiger partial charge is 1.00 e. The number of rotatable bonds is 7. The number of hydrogen-bond acceptors (Lipinski definition) is 6. The van der Waals surface area contributed by atoms with Crippen LogP contribution in [0, 0.1) is 0 Å². The molecule has 0 saturated carbocycles. The van der Waals surface area contributed by atoms with E-state index in [4.69, 9.17) is 4.74 Å². The summed E-state index contributed by atoms with van der Waals surface area (Å²) < 4.78 is 5.67. The Morgan fingerprint density at radius 3 is 2.52 bits per heavy atom. The first-order valence-corrected chi connectivity index (χ1v) is 8.92. The number of halogens is 1. The number of hydrogen-bond donors (Lipinski definition) is 1. The number of aromatic nitrogens is 1. The average molecular weight is 391 g/mol. The van der Waals surface area contributed by atoms with Crippen molar-refractivity contribution in [3.8, 4) is 5.75 Å². The predicted octanol–water partition coefficient (Wildman–Crippen LogP) is -1.15. The normalized spacial score (nSPS) is 15.7. The van der Waals surface area contributed by atoms with Crippen LogP contribution in [0.2, 0.25) is 0 Å². The summed E-state index contributed by atoms with van der Waals surface area (Å²) in [5, 5.41) is 10.3. The van der Waals surface area contributed by atoms with Gasteiger partial charge in [-0.05, 0) is 31.2 Å². The molecule has 1 unspecified atom stereocenters. The van der Waals surface area contributed by atoms with Gasteiger partial charge in [0, 0.05) is 38.9 Å². The van der Waals surface area contributed by atoms with Crippen molar-refractivity contribution in [2.75, 3.05) is 44.2 Å². The van der Waals surface area contributed by atoms with Gasteiger partial charge in [0.2, 0.25) is 0 Å². The number of β-amino-alcohol motifs (C(OH)–C–C–N with tert-alkyl or cyclic N) is 1. The number of pyridine rings is 1. The fraction of sp³-hybridized carbons (Fsp3) is 0.400. The van der Waals surface area contributed by atoms with Crippen LogP contribution in [0.25, 0.3) is 0 Å². The maximum Gasteiger partial charge on any atom is 0.163 e. The van der Waals surface area contributed by atoms with E-state index in [1.165, 1.54) is 6.92 Å². The third kappa shape index (κ3) is 5.92. The van der Waals surface area contributed by atoms with Gasteiger partial charge in [0.25, 0.3) is 0 Å². The Hall–Kier alpha value is -2.15. The van der Waals surface area contributed by atoms with Crippen molar-refractivity contribution in [3.63, 3.8) is 0 Å². The van der Waals surface area contributed by atoms with E-state index in [9.17, 15) is 9.90 Å². The Morgan fingerprint density at radius 1 is 1.15 bits per heavy atom. The van der Waals surface area contributed by atoms with Crippen LogP contribution in [0.4, 0.5) is 5.82 Å². The summed E-state index contributed by atoms with van der Waals surface area (Å²) in [6, 6.07) is 13.1. The zero-order valence-corrected chi connectivity index (χ0v) is 16.2. The van der Waals surface area contributed by atoms with Crippen LogP contribution in [0.5, 0.6) is 5.75 Å². The molecule has 1 N–H and O–H groups in total. The number of ether oxygens (including phenoxy) is 1. The minimum Gasteiger partial charge on any atom is -1.00 e. The van der Waals surface area contributed by atoms with Crippen molar-refractivity contribution in [1.82, 2.24) is 9.88 Å². The Morgan fingerprint density at radius 2 is 1.85 bits per heavy atom. The van der Waals surface area contributed by atoms with Crippen LogP contribution in [0.3, 0.4) is 0 Å². The van der Waals surface area contributed by atoms with Crippen LogP contribution >= 0.6 is 0 Å². The highest BCUT2D eigenvalue weighted by molar-refractivity contribution is 5.96. The fourth-order valence-corrected chi connectivity index (χ4v) is 3.12. The SMILES string of the molecule is CC(=O)c1ccccc1OCC(O)CN1CCN(c2ccccn2)CC1.[Cl-]. The molecule has 3 rings (SSSR count). The Balaban J connectivity index is 0.00000261. The van der Waals surface area contributed by atoms with Gasteiger partial charge in [0.1, 0.15) is 24.3 Å². The molecule has 0 spiro atoms. The van der Waals surface area contributed by atoms with E-state index in [2.05, 4.69) is 14.8 Å². The second-order valence-corrected chi connectivity index (χ2v) is 6.49. The van der Waals surface area contributed by atoms with Gasteiger partial charge in [0.05, 0.1) is 5.56 Å². The van der Waals surface area contributed by atoms with E-state index in [-0.39, 0.29) is 24.8 Å². The number of Topliss-reactive ketones (excluding diaryl/α,β-unsaturated/α-hetero) is 1. The molecule has 27 heavy (non-hydrogen) atoms. The summed E-state index contributed by atoms with van der Waals surface area (Å²) >= 11 is 0. The quantitative estimate of drug-likeness (QED) is 0.602. The number of anilines is 1. The Bertz CT molecular complexity index is 721. The molecule has 1 aromatic carbocycles. The zero-order chi connectivity index (χ0) is 18.4. The standard InChI is InChI=1S/C20H25N3O3.ClH/c1-16(24)18-6-2-3-7-19(18)26-15-17(25)14-22-10-12-23(13-11-22)20-8-4-5-9-21-20;/h2-9,17,25H,10-15H2,1H3;1H/p-1. The number of piperazine rings is 1. The maximum absolute atomic E-state index is 11.6. The number of para-hydroxylation sites is 1. The number of benzene rings is 1. The third-order valence-corrected chi connectivity index (χ3v) is 4.51. The molecule has 1 aliphatic heterocycles. The van der Waals surface area contributed by atoms with Gasteiger partial charge in [-0.15, -0.1) is 0 Å². The van der Waals surface area contributed by atoms with Crippen molar-refractivity contribution in [2.45, 2.75) is 13.0 Å². The van der Waals surface area contributed by atoms with Gasteiger partial charge >= 0.3 is 0 Å². The molecule has 0 bridgehead atoms. The van der Waals surface area contributed by atoms with Crippen molar-refractivity contribution >= 4 is 11.6 Å². The average Bonchev–Trinajstić information content (AvgIpc) is 2.68. The van der Waals surface area contributed by atoms with E-state index in [1.54, 1.807) is 18.2 Å². The molecule has 1 saturated heterocycles. The summed E-state index contributed by atoms with van der Waals surface area (Å²) in [6.07, 6.45) is 1.21. The van der Waals surface area contributed by atoms with Crippen LogP contribution in [-0.4, -0.2) is 66.2 Å². The second-order valence-electron chi connectivity index (χ2n) is 6.49. The van der Waals surface area contributed by atoms with E-state index in [1.807, 2.05) is 30.5 Å². The first-order chi connectivity index (χ1) is 12.6. The van der Waals surface area contributed by atoms with Crippen LogP contribution in [-0.2, 0) is 0 Å². The third-order valence-electron chi connectivity index (χ3n) is 4.51. The van der Waals surface area contributed by atoms with Crippen molar-refractivity contribution in [1.29, 1.82) is 0 Å². The van der Waals surface area contributed by atoms with Gasteiger partial charge in [-0.3, -0.25) is 9.69 Å². The van der Waals surface area contributed by atoms with Crippen molar-refractivity contribution in [2.24, 2.45) is 0 Å². The molecule has 1 aliphatic rings. The van der Waals surface area contributed by atoms with Gasteiger partial charge in [-0.25, -0.2) is 4.98 Å². The van der Waals surface area contributed by atoms with Gasteiger partial charge < -0.3 is 27.2 Å². The highest BCUT2D eigenvalue weighted by atomic mass is 35.5. The van der Waals surface area contributed by atoms with Crippen LogP contribution in [0.1, 0.15) is 17.3 Å². The number of carbonyl (C=O) groups is 1. The van der Waals surface area contributed by atoms with E-state index in [0.29, 0.717) is 17.9 Å². The molecule has 0 radical (unpaired) electrons. The molecule has 0 aliphatic carbocycles. The molecule has 1 aromatic heterocycles. The van der Waals surface area contributed by atoms with Gasteiger partial charge in [-0.1, -0.05) is 18.2 Å². The lowest BCUT2D eigenvalue weighted by Crippen LogP contribution is -3.00. The molecule has 146 valence electrons. The summed E-state index contributed by atoms with van der Waals surface area (Å²) in [7, 11) is 0. The number of aliphatic hydroxyl groups excluding tert-OH is 1. The van der Waals surface area contributed by atoms with Crippen LogP contribution in [0.15, 0.2) is 48.7 Å². The topological polar surface area (TPSA) is 65.9 Å². The lowest BCUT2D eigenvalue weighted by Gasteiger charge is -2.36. The van der Waals surface area contributed by atoms with E-state index in [0.717, 1.165) is 32.0 Å². The second kappa shape index (κ2) is 10.3. The lowest BCUT2D eigenvalue weighted by molar-refractivity contribution is -0.0000155. The molecule has 1 fully saturated rings. The summed E-state index contributed by atoms with van der Waals surface area (Å²) in [6.45, 7) is 5.76.